The zero-order valence-corrected chi connectivity index (χ0v) is 17.0. The Hall–Kier alpha value is -2.41. The molecule has 0 spiro atoms. The first-order valence-electron chi connectivity index (χ1n) is 9.78. The third-order valence-corrected chi connectivity index (χ3v) is 5.74. The maximum absolute atomic E-state index is 12.8. The van der Waals surface area contributed by atoms with Crippen LogP contribution >= 0.6 is 11.3 Å². The van der Waals surface area contributed by atoms with E-state index in [1.807, 2.05) is 42.6 Å². The Balaban J connectivity index is 1.59. The quantitative estimate of drug-likeness (QED) is 0.729. The van der Waals surface area contributed by atoms with Gasteiger partial charge >= 0.3 is 0 Å². The van der Waals surface area contributed by atoms with E-state index < -0.39 is 0 Å². The highest BCUT2D eigenvalue weighted by Gasteiger charge is 2.23. The zero-order chi connectivity index (χ0) is 19.8. The van der Waals surface area contributed by atoms with E-state index in [-0.39, 0.29) is 25.0 Å². The van der Waals surface area contributed by atoms with Crippen LogP contribution in [-0.4, -0.2) is 41.4 Å². The molecule has 1 aliphatic rings. The lowest BCUT2D eigenvalue weighted by Crippen LogP contribution is -2.43. The van der Waals surface area contributed by atoms with Crippen molar-refractivity contribution in [2.24, 2.45) is 5.92 Å². The van der Waals surface area contributed by atoms with E-state index in [9.17, 15) is 9.59 Å². The minimum absolute atomic E-state index is 0.0200. The molecule has 1 aliphatic carbocycles. The third kappa shape index (κ3) is 6.34. The lowest BCUT2D eigenvalue weighted by atomic mass is 9.89. The molecule has 0 radical (unpaired) electrons. The molecule has 0 saturated heterocycles. The molecule has 0 aliphatic heterocycles. The topological polar surface area (TPSA) is 71.5 Å². The molecule has 7 heteroatoms. The molecule has 1 fully saturated rings. The number of anilines is 1. The van der Waals surface area contributed by atoms with E-state index in [0.29, 0.717) is 23.3 Å². The molecule has 1 saturated carbocycles. The molecule has 1 heterocycles. The van der Waals surface area contributed by atoms with Gasteiger partial charge in [-0.2, -0.15) is 0 Å². The predicted octanol–water partition coefficient (Wildman–Crippen LogP) is 3.88. The molecular weight excluding hydrogens is 374 g/mol. The van der Waals surface area contributed by atoms with Crippen molar-refractivity contribution in [2.45, 2.75) is 39.0 Å². The summed E-state index contributed by atoms with van der Waals surface area (Å²) in [4.78, 5) is 31.2. The average Bonchev–Trinajstić information content (AvgIpc) is 3.11. The van der Waals surface area contributed by atoms with Crippen LogP contribution in [0, 0.1) is 12.8 Å². The molecule has 150 valence electrons. The van der Waals surface area contributed by atoms with Crippen molar-refractivity contribution in [1.29, 1.82) is 0 Å². The van der Waals surface area contributed by atoms with Gasteiger partial charge in [0.25, 0.3) is 5.91 Å². The van der Waals surface area contributed by atoms with Crippen molar-refractivity contribution in [3.05, 3.63) is 41.4 Å². The fraction of sp³-hybridized carbons (Fsp3) is 0.476. The van der Waals surface area contributed by atoms with E-state index >= 15 is 0 Å². The average molecular weight is 402 g/mol. The summed E-state index contributed by atoms with van der Waals surface area (Å²) in [5, 5.41) is 5.24. The molecule has 2 aromatic rings. The summed E-state index contributed by atoms with van der Waals surface area (Å²) in [6.07, 6.45) is 5.86. The number of aromatic nitrogens is 1. The predicted molar refractivity (Wildman–Crippen MR) is 111 cm³/mol. The monoisotopic (exact) mass is 401 g/mol. The summed E-state index contributed by atoms with van der Waals surface area (Å²) in [6, 6.07) is 9.26. The first-order chi connectivity index (χ1) is 13.6. The number of carbonyl (C=O) groups is 2. The lowest BCUT2D eigenvalue weighted by Gasteiger charge is -2.29. The van der Waals surface area contributed by atoms with Crippen molar-refractivity contribution in [2.75, 3.05) is 25.0 Å². The van der Waals surface area contributed by atoms with Gasteiger partial charge in [-0.25, -0.2) is 4.98 Å². The van der Waals surface area contributed by atoms with Gasteiger partial charge in [-0.15, -0.1) is 11.3 Å². The summed E-state index contributed by atoms with van der Waals surface area (Å²) < 4.78 is 5.61. The number of hydrogen-bond acceptors (Lipinski definition) is 5. The van der Waals surface area contributed by atoms with Crippen LogP contribution in [0.25, 0.3) is 0 Å². The molecule has 0 bridgehead atoms. The Morgan fingerprint density at radius 1 is 1.21 bits per heavy atom. The first-order valence-corrected chi connectivity index (χ1v) is 10.7. The minimum Gasteiger partial charge on any atom is -0.484 e. The van der Waals surface area contributed by atoms with Gasteiger partial charge < -0.3 is 15.0 Å². The number of amides is 2. The Morgan fingerprint density at radius 3 is 2.64 bits per heavy atom. The maximum atomic E-state index is 12.8. The number of ether oxygens (including phenoxy) is 1. The van der Waals surface area contributed by atoms with Crippen LogP contribution in [-0.2, 0) is 9.59 Å². The molecular formula is C21H27N3O3S. The number of para-hydroxylation sites is 1. The van der Waals surface area contributed by atoms with E-state index in [1.54, 1.807) is 4.90 Å². The summed E-state index contributed by atoms with van der Waals surface area (Å²) >= 11 is 1.39. The Labute approximate surface area is 169 Å². The van der Waals surface area contributed by atoms with Gasteiger partial charge in [-0.3, -0.25) is 9.59 Å². The highest BCUT2D eigenvalue weighted by Crippen LogP contribution is 2.24. The highest BCUT2D eigenvalue weighted by atomic mass is 32.1. The Bertz CT molecular complexity index is 772. The normalized spacial score (nSPS) is 14.5. The first kappa shape index (κ1) is 20.3. The van der Waals surface area contributed by atoms with Crippen LogP contribution in [0.5, 0.6) is 5.75 Å². The molecule has 1 N–H and O–H groups in total. The standard InChI is InChI=1S/C21H27N3O3S/c1-16-15-28-21(22-16)23-19(25)13-24(12-17-8-4-2-5-9-17)20(26)14-27-18-10-6-3-7-11-18/h3,6-7,10-11,15,17H,2,4-5,8-9,12-14H2,1H3,(H,22,23,25). The van der Waals surface area contributed by atoms with Gasteiger partial charge in [0.1, 0.15) is 12.3 Å². The largest absolute Gasteiger partial charge is 0.484 e. The Morgan fingerprint density at radius 2 is 1.96 bits per heavy atom. The number of aryl methyl sites for hydroxylation is 1. The SMILES string of the molecule is Cc1csc(NC(=O)CN(CC2CCCCC2)C(=O)COc2ccccc2)n1. The highest BCUT2D eigenvalue weighted by molar-refractivity contribution is 7.13. The van der Waals surface area contributed by atoms with Crippen molar-refractivity contribution in [3.8, 4) is 5.75 Å². The van der Waals surface area contributed by atoms with Gasteiger partial charge in [0.15, 0.2) is 11.7 Å². The second-order valence-electron chi connectivity index (χ2n) is 7.22. The van der Waals surface area contributed by atoms with Crippen LogP contribution in [0.1, 0.15) is 37.8 Å². The number of hydrogen-bond donors (Lipinski definition) is 1. The molecule has 28 heavy (non-hydrogen) atoms. The molecule has 0 atom stereocenters. The maximum Gasteiger partial charge on any atom is 0.260 e. The smallest absolute Gasteiger partial charge is 0.260 e. The second kappa shape index (κ2) is 10.2. The number of nitrogens with zero attached hydrogens (tertiary/aromatic N) is 2. The van der Waals surface area contributed by atoms with Crippen LogP contribution in [0.3, 0.4) is 0 Å². The molecule has 1 aromatic carbocycles. The van der Waals surface area contributed by atoms with Crippen LogP contribution in [0.15, 0.2) is 35.7 Å². The van der Waals surface area contributed by atoms with Crippen LogP contribution in [0.2, 0.25) is 0 Å². The third-order valence-electron chi connectivity index (χ3n) is 4.86. The molecule has 2 amide bonds. The second-order valence-corrected chi connectivity index (χ2v) is 8.08. The zero-order valence-electron chi connectivity index (χ0n) is 16.2. The summed E-state index contributed by atoms with van der Waals surface area (Å²) in [6.45, 7) is 2.43. The van der Waals surface area contributed by atoms with Crippen molar-refractivity contribution in [3.63, 3.8) is 0 Å². The summed E-state index contributed by atoms with van der Waals surface area (Å²) in [5.74, 6) is 0.707. The van der Waals surface area contributed by atoms with Crippen molar-refractivity contribution >= 4 is 28.3 Å². The fourth-order valence-corrected chi connectivity index (χ4v) is 4.14. The van der Waals surface area contributed by atoms with E-state index in [0.717, 1.165) is 18.5 Å². The Kier molecular flexibility index (Phi) is 7.42. The van der Waals surface area contributed by atoms with Gasteiger partial charge in [-0.05, 0) is 37.8 Å². The number of thiazole rings is 1. The molecule has 1 aromatic heterocycles. The number of carbonyl (C=O) groups excluding carboxylic acids is 2. The van der Waals surface area contributed by atoms with Crippen LogP contribution in [0.4, 0.5) is 5.13 Å². The number of rotatable bonds is 8. The van der Waals surface area contributed by atoms with E-state index in [1.165, 1.54) is 30.6 Å². The van der Waals surface area contributed by atoms with E-state index in [4.69, 9.17) is 4.74 Å². The summed E-state index contributed by atoms with van der Waals surface area (Å²) in [5.41, 5.74) is 0.867. The van der Waals surface area contributed by atoms with Gasteiger partial charge in [-0.1, -0.05) is 37.5 Å². The van der Waals surface area contributed by atoms with Crippen molar-refractivity contribution in [1.82, 2.24) is 9.88 Å². The van der Waals surface area contributed by atoms with Gasteiger partial charge in [0, 0.05) is 11.9 Å². The van der Waals surface area contributed by atoms with E-state index in [2.05, 4.69) is 10.3 Å². The van der Waals surface area contributed by atoms with Gasteiger partial charge in [0.05, 0.1) is 5.69 Å². The van der Waals surface area contributed by atoms with Crippen LogP contribution < -0.4 is 10.1 Å². The number of nitrogens with one attached hydrogen (secondary N) is 1. The number of benzene rings is 1. The minimum atomic E-state index is -0.224. The molecule has 0 unspecified atom stereocenters. The fourth-order valence-electron chi connectivity index (χ4n) is 3.43. The summed E-state index contributed by atoms with van der Waals surface area (Å²) in [7, 11) is 0. The molecule has 3 rings (SSSR count). The van der Waals surface area contributed by atoms with Gasteiger partial charge in [0.2, 0.25) is 5.91 Å². The van der Waals surface area contributed by atoms with Crippen molar-refractivity contribution < 1.29 is 14.3 Å². The molecule has 6 nitrogen and oxygen atoms in total. The lowest BCUT2D eigenvalue weighted by molar-refractivity contribution is -0.137.